The number of carboxylic acids is 1. The third-order valence-corrected chi connectivity index (χ3v) is 5.34. The van der Waals surface area contributed by atoms with Crippen LogP contribution in [0.1, 0.15) is 43.6 Å². The average molecular weight is 323 g/mol. The van der Waals surface area contributed by atoms with Gasteiger partial charge >= 0.3 is 5.97 Å². The number of halogens is 1. The standard InChI is InChI=1S/C17H19ClO4/c18-13-5-11(12(7-15(19)20)10-1-2-10)6-14-16(13)22-9-17(3-4-17)8-21-14/h5-6,10,12H,1-4,7-9H2,(H,19,20). The number of hydrogen-bond acceptors (Lipinski definition) is 3. The molecular formula is C17H19ClO4. The molecule has 1 heterocycles. The van der Waals surface area contributed by atoms with Gasteiger partial charge in [0, 0.05) is 5.41 Å². The normalized spacial score (nSPS) is 23.0. The summed E-state index contributed by atoms with van der Waals surface area (Å²) in [6, 6.07) is 3.80. The third-order valence-electron chi connectivity index (χ3n) is 5.06. The van der Waals surface area contributed by atoms with Gasteiger partial charge in [-0.05, 0) is 55.2 Å². The summed E-state index contributed by atoms with van der Waals surface area (Å²) in [5, 5.41) is 9.69. The Kier molecular flexibility index (Phi) is 3.26. The number of ether oxygens (including phenoxy) is 2. The van der Waals surface area contributed by atoms with Crippen LogP contribution in [0, 0.1) is 11.3 Å². The Morgan fingerprint density at radius 3 is 2.68 bits per heavy atom. The van der Waals surface area contributed by atoms with Crippen LogP contribution in [0.3, 0.4) is 0 Å². The minimum Gasteiger partial charge on any atom is -0.489 e. The van der Waals surface area contributed by atoms with Crippen LogP contribution in [0.4, 0.5) is 0 Å². The van der Waals surface area contributed by atoms with Gasteiger partial charge in [-0.2, -0.15) is 0 Å². The van der Waals surface area contributed by atoms with Crippen molar-refractivity contribution in [1.82, 2.24) is 0 Å². The predicted molar refractivity (Wildman–Crippen MR) is 81.8 cm³/mol. The van der Waals surface area contributed by atoms with Gasteiger partial charge < -0.3 is 14.6 Å². The highest BCUT2D eigenvalue weighted by atomic mass is 35.5. The molecule has 1 aromatic carbocycles. The van der Waals surface area contributed by atoms with Gasteiger partial charge in [-0.25, -0.2) is 0 Å². The minimum absolute atomic E-state index is 0.0158. The molecular weight excluding hydrogens is 304 g/mol. The Hall–Kier alpha value is -1.42. The molecule has 5 heteroatoms. The largest absolute Gasteiger partial charge is 0.489 e. The summed E-state index contributed by atoms with van der Waals surface area (Å²) in [6.45, 7) is 1.31. The first-order valence-corrected chi connectivity index (χ1v) is 8.25. The van der Waals surface area contributed by atoms with E-state index in [0.29, 0.717) is 35.7 Å². The maximum Gasteiger partial charge on any atom is 0.303 e. The van der Waals surface area contributed by atoms with Crippen LogP contribution < -0.4 is 9.47 Å². The molecule has 4 rings (SSSR count). The number of aliphatic carboxylic acids is 1. The molecule has 2 fully saturated rings. The summed E-state index contributed by atoms with van der Waals surface area (Å²) in [5.41, 5.74) is 1.13. The first-order valence-electron chi connectivity index (χ1n) is 7.87. The molecule has 2 aliphatic carbocycles. The minimum atomic E-state index is -0.767. The summed E-state index contributed by atoms with van der Waals surface area (Å²) >= 11 is 6.39. The molecule has 0 saturated heterocycles. The first-order chi connectivity index (χ1) is 10.6. The second-order valence-corrected chi connectivity index (χ2v) is 7.36. The van der Waals surface area contributed by atoms with Gasteiger partial charge in [0.25, 0.3) is 0 Å². The molecule has 3 aliphatic rings. The second-order valence-electron chi connectivity index (χ2n) is 6.95. The van der Waals surface area contributed by atoms with E-state index < -0.39 is 5.97 Å². The second kappa shape index (κ2) is 5.05. The Morgan fingerprint density at radius 1 is 1.32 bits per heavy atom. The van der Waals surface area contributed by atoms with E-state index in [4.69, 9.17) is 26.2 Å². The van der Waals surface area contributed by atoms with E-state index in [-0.39, 0.29) is 17.8 Å². The number of rotatable bonds is 4. The lowest BCUT2D eigenvalue weighted by atomic mass is 9.91. The van der Waals surface area contributed by atoms with Gasteiger partial charge in [0.05, 0.1) is 24.7 Å². The Labute approximate surface area is 134 Å². The average Bonchev–Trinajstić information content (AvgIpc) is 3.36. The van der Waals surface area contributed by atoms with Gasteiger partial charge in [-0.3, -0.25) is 4.79 Å². The number of carbonyl (C=O) groups is 1. The number of hydrogen-bond donors (Lipinski definition) is 1. The van der Waals surface area contributed by atoms with E-state index in [9.17, 15) is 4.79 Å². The molecule has 1 atom stereocenters. The van der Waals surface area contributed by atoms with Crippen LogP contribution in [-0.2, 0) is 4.79 Å². The molecule has 118 valence electrons. The monoisotopic (exact) mass is 322 g/mol. The Balaban J connectivity index is 1.65. The SMILES string of the molecule is O=C(O)CC(c1cc(Cl)c2c(c1)OCC1(CC1)CO2)C1CC1. The summed E-state index contributed by atoms with van der Waals surface area (Å²) in [4.78, 5) is 11.1. The van der Waals surface area contributed by atoms with Crippen molar-refractivity contribution in [2.45, 2.75) is 38.0 Å². The van der Waals surface area contributed by atoms with Crippen molar-refractivity contribution in [3.8, 4) is 11.5 Å². The molecule has 2 saturated carbocycles. The molecule has 1 aromatic rings. The van der Waals surface area contributed by atoms with Gasteiger partial charge in [0.2, 0.25) is 0 Å². The van der Waals surface area contributed by atoms with Crippen molar-refractivity contribution in [2.24, 2.45) is 11.3 Å². The van der Waals surface area contributed by atoms with Gasteiger partial charge in [-0.15, -0.1) is 0 Å². The zero-order valence-electron chi connectivity index (χ0n) is 12.3. The van der Waals surface area contributed by atoms with Crippen LogP contribution >= 0.6 is 11.6 Å². The summed E-state index contributed by atoms with van der Waals surface area (Å²) in [6.07, 6.45) is 4.59. The van der Waals surface area contributed by atoms with Crippen LogP contribution in [0.25, 0.3) is 0 Å². The number of fused-ring (bicyclic) bond motifs is 1. The van der Waals surface area contributed by atoms with Crippen molar-refractivity contribution in [3.05, 3.63) is 22.7 Å². The lowest BCUT2D eigenvalue weighted by molar-refractivity contribution is -0.137. The van der Waals surface area contributed by atoms with Gasteiger partial charge in [-0.1, -0.05) is 11.6 Å². The fourth-order valence-electron chi connectivity index (χ4n) is 3.26. The molecule has 0 amide bonds. The maximum atomic E-state index is 11.1. The quantitative estimate of drug-likeness (QED) is 0.914. The zero-order chi connectivity index (χ0) is 15.3. The zero-order valence-corrected chi connectivity index (χ0v) is 13.1. The highest BCUT2D eigenvalue weighted by molar-refractivity contribution is 6.32. The van der Waals surface area contributed by atoms with Crippen LogP contribution in [0.5, 0.6) is 11.5 Å². The molecule has 22 heavy (non-hydrogen) atoms. The van der Waals surface area contributed by atoms with Crippen LogP contribution in [-0.4, -0.2) is 24.3 Å². The molecule has 1 aliphatic heterocycles. The topological polar surface area (TPSA) is 55.8 Å². The summed E-state index contributed by atoms with van der Waals surface area (Å²) < 4.78 is 11.8. The highest BCUT2D eigenvalue weighted by Crippen LogP contribution is 2.52. The first kappa shape index (κ1) is 14.2. The van der Waals surface area contributed by atoms with E-state index in [2.05, 4.69) is 0 Å². The number of carboxylic acid groups (broad SMARTS) is 1. The number of benzene rings is 1. The Morgan fingerprint density at radius 2 is 2.05 bits per heavy atom. The van der Waals surface area contributed by atoms with Crippen molar-refractivity contribution in [1.29, 1.82) is 0 Å². The summed E-state index contributed by atoms with van der Waals surface area (Å²) in [5.74, 6) is 0.979. The molecule has 1 unspecified atom stereocenters. The Bertz CT molecular complexity index is 619. The van der Waals surface area contributed by atoms with Crippen molar-refractivity contribution < 1.29 is 19.4 Å². The van der Waals surface area contributed by atoms with E-state index in [1.807, 2.05) is 12.1 Å². The van der Waals surface area contributed by atoms with Crippen molar-refractivity contribution in [3.63, 3.8) is 0 Å². The fraction of sp³-hybridized carbons (Fsp3) is 0.588. The van der Waals surface area contributed by atoms with Crippen molar-refractivity contribution in [2.75, 3.05) is 13.2 Å². The lowest BCUT2D eigenvalue weighted by Gasteiger charge is -2.18. The smallest absolute Gasteiger partial charge is 0.303 e. The fourth-order valence-corrected chi connectivity index (χ4v) is 3.53. The van der Waals surface area contributed by atoms with E-state index in [1.54, 1.807) is 0 Å². The highest BCUT2D eigenvalue weighted by Gasteiger charge is 2.46. The summed E-state index contributed by atoms with van der Waals surface area (Å²) in [7, 11) is 0. The van der Waals surface area contributed by atoms with E-state index >= 15 is 0 Å². The van der Waals surface area contributed by atoms with Crippen LogP contribution in [0.2, 0.25) is 5.02 Å². The van der Waals surface area contributed by atoms with Gasteiger partial charge in [0.15, 0.2) is 11.5 Å². The molecule has 4 nitrogen and oxygen atoms in total. The molecule has 0 bridgehead atoms. The lowest BCUT2D eigenvalue weighted by Crippen LogP contribution is -2.17. The predicted octanol–water partition coefficient (Wildman–Crippen LogP) is 3.86. The third kappa shape index (κ3) is 2.65. The molecule has 1 spiro atoms. The molecule has 0 aromatic heterocycles. The molecule has 0 radical (unpaired) electrons. The molecule has 1 N–H and O–H groups in total. The van der Waals surface area contributed by atoms with E-state index in [1.165, 1.54) is 0 Å². The van der Waals surface area contributed by atoms with Crippen molar-refractivity contribution >= 4 is 17.6 Å². The van der Waals surface area contributed by atoms with E-state index in [0.717, 1.165) is 31.2 Å². The maximum absolute atomic E-state index is 11.1. The van der Waals surface area contributed by atoms with Gasteiger partial charge in [0.1, 0.15) is 0 Å². The van der Waals surface area contributed by atoms with Crippen LogP contribution in [0.15, 0.2) is 12.1 Å².